The van der Waals surface area contributed by atoms with Crippen LogP contribution in [0.15, 0.2) is 52.3 Å². The first-order valence-electron chi connectivity index (χ1n) is 6.95. The van der Waals surface area contributed by atoms with Gasteiger partial charge in [-0.15, -0.1) is 22.7 Å². The van der Waals surface area contributed by atoms with Crippen LogP contribution in [0.25, 0.3) is 10.4 Å². The minimum Gasteiger partial charge on any atom is -0.198 e. The molecule has 0 saturated heterocycles. The lowest BCUT2D eigenvalue weighted by Gasteiger charge is -1.96. The van der Waals surface area contributed by atoms with E-state index in [9.17, 15) is 0 Å². The van der Waals surface area contributed by atoms with Gasteiger partial charge in [0.1, 0.15) is 0 Å². The number of halogens is 2. The number of thiophene rings is 2. The van der Waals surface area contributed by atoms with E-state index in [2.05, 4.69) is 28.1 Å². The maximum absolute atomic E-state index is 8.58. The van der Waals surface area contributed by atoms with Gasteiger partial charge in [0.05, 0.1) is 28.8 Å². The normalized spacial score (nSPS) is 9.50. The third kappa shape index (κ3) is 5.78. The van der Waals surface area contributed by atoms with Gasteiger partial charge >= 0.3 is 0 Å². The van der Waals surface area contributed by atoms with E-state index >= 15 is 0 Å². The van der Waals surface area contributed by atoms with Gasteiger partial charge in [-0.25, -0.2) is 0 Å². The van der Waals surface area contributed by atoms with Crippen molar-refractivity contribution in [1.29, 1.82) is 10.5 Å². The van der Waals surface area contributed by atoms with E-state index in [1.54, 1.807) is 22.7 Å². The van der Waals surface area contributed by atoms with Crippen LogP contribution >= 0.6 is 50.2 Å². The number of rotatable bonds is 3. The van der Waals surface area contributed by atoms with Crippen molar-refractivity contribution in [2.75, 3.05) is 0 Å². The Balaban J connectivity index is 0.000000198. The number of nitrogens with zero attached hydrogens (tertiary/aromatic N) is 2. The van der Waals surface area contributed by atoms with Gasteiger partial charge < -0.3 is 0 Å². The summed E-state index contributed by atoms with van der Waals surface area (Å²) in [7, 11) is 0. The van der Waals surface area contributed by atoms with Crippen LogP contribution in [0.3, 0.4) is 0 Å². The summed E-state index contributed by atoms with van der Waals surface area (Å²) in [4.78, 5) is 3.36. The Morgan fingerprint density at radius 3 is 2.17 bits per heavy atom. The van der Waals surface area contributed by atoms with Crippen molar-refractivity contribution >= 4 is 50.2 Å². The van der Waals surface area contributed by atoms with Crippen molar-refractivity contribution in [2.45, 2.75) is 12.8 Å². The van der Waals surface area contributed by atoms with E-state index < -0.39 is 0 Å². The Hall–Kier alpha value is -1.63. The number of hydrogen-bond donors (Lipinski definition) is 0. The molecule has 2 aromatic heterocycles. The highest BCUT2D eigenvalue weighted by molar-refractivity contribution is 9.11. The molecule has 6 heteroatoms. The number of benzene rings is 1. The summed E-state index contributed by atoms with van der Waals surface area (Å²) < 4.78 is 1.09. The standard InChI is InChI=1S/C12H8ClNS.C6H4BrNS/c13-10-3-1-2-9(8-10)12-5-4-11(15-12)6-7-14;7-6-2-1-5(9-6)3-4-8/h1-5,8H,6H2;1-2H,3H2. The van der Waals surface area contributed by atoms with Gasteiger partial charge in [0, 0.05) is 19.7 Å². The monoisotopic (exact) mass is 434 g/mol. The first-order chi connectivity index (χ1) is 11.6. The minimum atomic E-state index is 0.477. The minimum absolute atomic E-state index is 0.477. The molecule has 0 unspecified atom stereocenters. The topological polar surface area (TPSA) is 47.6 Å². The molecule has 0 bridgehead atoms. The molecule has 0 aliphatic carbocycles. The quantitative estimate of drug-likeness (QED) is 0.459. The maximum atomic E-state index is 8.58. The van der Waals surface area contributed by atoms with Crippen molar-refractivity contribution in [2.24, 2.45) is 0 Å². The lowest BCUT2D eigenvalue weighted by molar-refractivity contribution is 1.32. The molecular formula is C18H12BrClN2S2. The molecule has 3 aromatic rings. The first kappa shape index (κ1) is 18.7. The van der Waals surface area contributed by atoms with Gasteiger partial charge in [-0.1, -0.05) is 23.7 Å². The highest BCUT2D eigenvalue weighted by atomic mass is 79.9. The summed E-state index contributed by atoms with van der Waals surface area (Å²) in [6.45, 7) is 0. The molecule has 0 atom stereocenters. The molecule has 2 heterocycles. The lowest BCUT2D eigenvalue weighted by atomic mass is 10.2. The van der Waals surface area contributed by atoms with Crippen molar-refractivity contribution in [3.63, 3.8) is 0 Å². The summed E-state index contributed by atoms with van der Waals surface area (Å²) >= 11 is 12.5. The molecule has 24 heavy (non-hydrogen) atoms. The Kier molecular flexibility index (Phi) is 7.49. The fourth-order valence-electron chi connectivity index (χ4n) is 1.87. The highest BCUT2D eigenvalue weighted by Gasteiger charge is 2.02. The van der Waals surface area contributed by atoms with E-state index in [0.29, 0.717) is 12.8 Å². The SMILES string of the molecule is N#CCc1ccc(-c2cccc(Cl)c2)s1.N#CCc1ccc(Br)s1. The third-order valence-electron chi connectivity index (χ3n) is 2.91. The second-order valence-electron chi connectivity index (χ2n) is 4.65. The number of hydrogen-bond acceptors (Lipinski definition) is 4. The fourth-order valence-corrected chi connectivity index (χ4v) is 4.41. The zero-order chi connectivity index (χ0) is 17.4. The number of nitriles is 2. The zero-order valence-corrected chi connectivity index (χ0v) is 16.5. The smallest absolute Gasteiger partial charge is 0.0701 e. The molecule has 120 valence electrons. The van der Waals surface area contributed by atoms with Crippen LogP contribution in [-0.4, -0.2) is 0 Å². The van der Waals surface area contributed by atoms with Crippen molar-refractivity contribution in [3.05, 3.63) is 67.1 Å². The van der Waals surface area contributed by atoms with Gasteiger partial charge in [-0.05, 0) is 57.9 Å². The van der Waals surface area contributed by atoms with Gasteiger partial charge in [0.25, 0.3) is 0 Å². The molecule has 0 fully saturated rings. The highest BCUT2D eigenvalue weighted by Crippen LogP contribution is 2.29. The summed E-state index contributed by atoms with van der Waals surface area (Å²) in [6, 6.07) is 19.9. The van der Waals surface area contributed by atoms with Crippen LogP contribution in [0.1, 0.15) is 9.75 Å². The Bertz CT molecular complexity index is 887. The molecule has 0 N–H and O–H groups in total. The van der Waals surface area contributed by atoms with Gasteiger partial charge in [0.15, 0.2) is 0 Å². The summed E-state index contributed by atoms with van der Waals surface area (Å²) in [6.07, 6.45) is 1.00. The molecule has 3 rings (SSSR count). The molecule has 0 saturated carbocycles. The molecular weight excluding hydrogens is 424 g/mol. The van der Waals surface area contributed by atoms with Crippen molar-refractivity contribution < 1.29 is 0 Å². The predicted octanol–water partition coefficient (Wildman–Crippen LogP) is 6.71. The third-order valence-corrected chi connectivity index (χ3v) is 5.90. The van der Waals surface area contributed by atoms with Gasteiger partial charge in [-0.2, -0.15) is 10.5 Å². The Morgan fingerprint density at radius 1 is 0.917 bits per heavy atom. The Labute approximate surface area is 162 Å². The molecule has 0 aliphatic rings. The van der Waals surface area contributed by atoms with E-state index in [1.807, 2.05) is 48.5 Å². The molecule has 0 aliphatic heterocycles. The first-order valence-corrected chi connectivity index (χ1v) is 9.75. The summed E-state index contributed by atoms with van der Waals surface area (Å²) in [5.41, 5.74) is 1.11. The van der Waals surface area contributed by atoms with E-state index in [0.717, 1.165) is 29.0 Å². The van der Waals surface area contributed by atoms with Crippen LogP contribution in [0.4, 0.5) is 0 Å². The lowest BCUT2D eigenvalue weighted by Crippen LogP contribution is -1.71. The van der Waals surface area contributed by atoms with Crippen LogP contribution in [0.5, 0.6) is 0 Å². The van der Waals surface area contributed by atoms with E-state index in [-0.39, 0.29) is 0 Å². The van der Waals surface area contributed by atoms with E-state index in [1.165, 1.54) is 0 Å². The van der Waals surface area contributed by atoms with Crippen molar-refractivity contribution in [3.8, 4) is 22.6 Å². The maximum Gasteiger partial charge on any atom is 0.0701 e. The fraction of sp³-hybridized carbons (Fsp3) is 0.111. The predicted molar refractivity (Wildman–Crippen MR) is 105 cm³/mol. The summed E-state index contributed by atoms with van der Waals surface area (Å²) in [5, 5.41) is 17.6. The van der Waals surface area contributed by atoms with Crippen LogP contribution in [0.2, 0.25) is 5.02 Å². The van der Waals surface area contributed by atoms with Crippen molar-refractivity contribution in [1.82, 2.24) is 0 Å². The van der Waals surface area contributed by atoms with Crippen LogP contribution in [0, 0.1) is 22.7 Å². The van der Waals surface area contributed by atoms with Gasteiger partial charge in [-0.3, -0.25) is 0 Å². The second-order valence-corrected chi connectivity index (χ2v) is 8.80. The molecule has 0 spiro atoms. The Morgan fingerprint density at radius 2 is 1.58 bits per heavy atom. The van der Waals surface area contributed by atoms with Crippen LogP contribution in [-0.2, 0) is 12.8 Å². The largest absolute Gasteiger partial charge is 0.198 e. The molecule has 0 amide bonds. The van der Waals surface area contributed by atoms with E-state index in [4.69, 9.17) is 22.1 Å². The summed E-state index contributed by atoms with van der Waals surface area (Å²) in [5.74, 6) is 0. The molecule has 2 nitrogen and oxygen atoms in total. The molecule has 1 aromatic carbocycles. The van der Waals surface area contributed by atoms with Crippen LogP contribution < -0.4 is 0 Å². The molecule has 0 radical (unpaired) electrons. The second kappa shape index (κ2) is 9.61. The zero-order valence-electron chi connectivity index (χ0n) is 12.5. The average molecular weight is 436 g/mol. The average Bonchev–Trinajstić information content (AvgIpc) is 3.18. The van der Waals surface area contributed by atoms with Gasteiger partial charge in [0.2, 0.25) is 0 Å².